The molecule has 1 unspecified atom stereocenters. The van der Waals surface area contributed by atoms with Gasteiger partial charge < -0.3 is 15.3 Å². The van der Waals surface area contributed by atoms with Crippen molar-refractivity contribution in [3.63, 3.8) is 0 Å². The summed E-state index contributed by atoms with van der Waals surface area (Å²) in [4.78, 5) is 25.9. The Morgan fingerprint density at radius 2 is 2.04 bits per heavy atom. The molecule has 1 aromatic rings. The van der Waals surface area contributed by atoms with Gasteiger partial charge in [-0.25, -0.2) is 4.39 Å². The molecule has 1 atom stereocenters. The van der Waals surface area contributed by atoms with E-state index in [0.29, 0.717) is 25.1 Å². The molecule has 1 heterocycles. The van der Waals surface area contributed by atoms with Crippen molar-refractivity contribution in [1.29, 1.82) is 0 Å². The van der Waals surface area contributed by atoms with Gasteiger partial charge in [-0.2, -0.15) is 0 Å². The van der Waals surface area contributed by atoms with Gasteiger partial charge in [-0.05, 0) is 31.0 Å². The van der Waals surface area contributed by atoms with E-state index in [2.05, 4.69) is 5.32 Å². The quantitative estimate of drug-likeness (QED) is 0.878. The first-order valence-electron chi connectivity index (χ1n) is 7.77. The Labute approximate surface area is 135 Å². The lowest BCUT2D eigenvalue weighted by Crippen LogP contribution is -2.42. The van der Waals surface area contributed by atoms with Crippen LogP contribution in [0.3, 0.4) is 0 Å². The van der Waals surface area contributed by atoms with Crippen molar-refractivity contribution >= 4 is 17.5 Å². The zero-order chi connectivity index (χ0) is 17.2. The van der Waals surface area contributed by atoms with Crippen LogP contribution < -0.4 is 5.32 Å². The molecule has 0 radical (unpaired) electrons. The minimum absolute atomic E-state index is 0.0918. The van der Waals surface area contributed by atoms with Crippen LogP contribution in [-0.2, 0) is 4.79 Å². The highest BCUT2D eigenvalue weighted by molar-refractivity contribution is 5.98. The molecule has 2 rings (SSSR count). The van der Waals surface area contributed by atoms with Crippen LogP contribution in [0.25, 0.3) is 0 Å². The van der Waals surface area contributed by atoms with Gasteiger partial charge in [0, 0.05) is 24.2 Å². The first-order chi connectivity index (χ1) is 10.7. The van der Waals surface area contributed by atoms with E-state index in [1.165, 1.54) is 23.1 Å². The standard InChI is InChI=1S/C17H23FN2O3/c1-17(2,3)16(23)19-11-6-7-14(18)13(9-11)15(22)20-8-4-5-12(21)10-20/h6-7,9,12,21H,4-5,8,10H2,1-3H3,(H,19,23). The number of nitrogens with zero attached hydrogens (tertiary/aromatic N) is 1. The molecular formula is C17H23FN2O3. The lowest BCUT2D eigenvalue weighted by Gasteiger charge is -2.30. The second-order valence-electron chi connectivity index (χ2n) is 6.95. The number of aliphatic hydroxyl groups excluding tert-OH is 1. The number of halogens is 1. The second kappa shape index (κ2) is 6.66. The average molecular weight is 322 g/mol. The summed E-state index contributed by atoms with van der Waals surface area (Å²) in [5.41, 5.74) is -0.298. The summed E-state index contributed by atoms with van der Waals surface area (Å²) in [7, 11) is 0. The van der Waals surface area contributed by atoms with Crippen molar-refractivity contribution in [2.75, 3.05) is 18.4 Å². The Hall–Kier alpha value is -1.95. The highest BCUT2D eigenvalue weighted by Crippen LogP contribution is 2.22. The summed E-state index contributed by atoms with van der Waals surface area (Å²) in [6.07, 6.45) is 0.766. The van der Waals surface area contributed by atoms with E-state index < -0.39 is 23.2 Å². The molecule has 0 saturated carbocycles. The van der Waals surface area contributed by atoms with E-state index in [-0.39, 0.29) is 18.0 Å². The van der Waals surface area contributed by atoms with Gasteiger partial charge in [-0.3, -0.25) is 9.59 Å². The molecule has 0 bridgehead atoms. The molecule has 0 aliphatic carbocycles. The highest BCUT2D eigenvalue weighted by atomic mass is 19.1. The van der Waals surface area contributed by atoms with Crippen LogP contribution in [0.4, 0.5) is 10.1 Å². The van der Waals surface area contributed by atoms with Gasteiger partial charge in [0.25, 0.3) is 5.91 Å². The smallest absolute Gasteiger partial charge is 0.256 e. The van der Waals surface area contributed by atoms with Gasteiger partial charge in [-0.1, -0.05) is 20.8 Å². The summed E-state index contributed by atoms with van der Waals surface area (Å²) in [5.74, 6) is -1.31. The zero-order valence-corrected chi connectivity index (χ0v) is 13.7. The molecule has 126 valence electrons. The number of carbonyl (C=O) groups is 2. The van der Waals surface area contributed by atoms with Crippen LogP contribution in [0.1, 0.15) is 44.0 Å². The van der Waals surface area contributed by atoms with E-state index in [4.69, 9.17) is 0 Å². The number of β-amino-alcohol motifs (C(OH)–C–C–N with tert-alkyl or cyclic N) is 1. The lowest BCUT2D eigenvalue weighted by molar-refractivity contribution is -0.123. The number of rotatable bonds is 2. The molecule has 2 N–H and O–H groups in total. The molecule has 0 aromatic heterocycles. The molecule has 1 aromatic carbocycles. The summed E-state index contributed by atoms with van der Waals surface area (Å²) >= 11 is 0. The Balaban J connectivity index is 2.20. The van der Waals surface area contributed by atoms with Crippen LogP contribution in [-0.4, -0.2) is 41.0 Å². The molecule has 6 heteroatoms. The van der Waals surface area contributed by atoms with E-state index >= 15 is 0 Å². The number of piperidine rings is 1. The SMILES string of the molecule is CC(C)(C)C(=O)Nc1ccc(F)c(C(=O)N2CCCC(O)C2)c1. The van der Waals surface area contributed by atoms with Crippen molar-refractivity contribution in [1.82, 2.24) is 4.90 Å². The van der Waals surface area contributed by atoms with Crippen LogP contribution in [0.2, 0.25) is 0 Å². The number of amides is 2. The second-order valence-corrected chi connectivity index (χ2v) is 6.95. The Morgan fingerprint density at radius 1 is 1.35 bits per heavy atom. The minimum Gasteiger partial charge on any atom is -0.391 e. The van der Waals surface area contributed by atoms with Crippen molar-refractivity contribution < 1.29 is 19.1 Å². The molecule has 23 heavy (non-hydrogen) atoms. The molecule has 1 aliphatic heterocycles. The van der Waals surface area contributed by atoms with Gasteiger partial charge in [0.05, 0.1) is 11.7 Å². The van der Waals surface area contributed by atoms with Crippen molar-refractivity contribution in [3.05, 3.63) is 29.6 Å². The number of aliphatic hydroxyl groups is 1. The summed E-state index contributed by atoms with van der Waals surface area (Å²) in [6.45, 7) is 6.01. The number of likely N-dealkylation sites (tertiary alicyclic amines) is 1. The third kappa shape index (κ3) is 4.28. The summed E-state index contributed by atoms with van der Waals surface area (Å²) < 4.78 is 14.0. The first-order valence-corrected chi connectivity index (χ1v) is 7.77. The average Bonchev–Trinajstić information content (AvgIpc) is 2.47. The van der Waals surface area contributed by atoms with E-state index in [0.717, 1.165) is 0 Å². The van der Waals surface area contributed by atoms with E-state index in [9.17, 15) is 19.1 Å². The van der Waals surface area contributed by atoms with Crippen molar-refractivity contribution in [2.24, 2.45) is 5.41 Å². The monoisotopic (exact) mass is 322 g/mol. The van der Waals surface area contributed by atoms with Gasteiger partial charge in [0.2, 0.25) is 5.91 Å². The van der Waals surface area contributed by atoms with Gasteiger partial charge in [0.1, 0.15) is 5.82 Å². The Bertz CT molecular complexity index is 610. The Kier molecular flexibility index (Phi) is 5.04. The maximum Gasteiger partial charge on any atom is 0.256 e. The highest BCUT2D eigenvalue weighted by Gasteiger charge is 2.26. The van der Waals surface area contributed by atoms with Crippen LogP contribution in [0, 0.1) is 11.2 Å². The predicted molar refractivity (Wildman–Crippen MR) is 85.6 cm³/mol. The number of nitrogens with one attached hydrogen (secondary N) is 1. The largest absolute Gasteiger partial charge is 0.391 e. The number of benzene rings is 1. The van der Waals surface area contributed by atoms with Gasteiger partial charge in [-0.15, -0.1) is 0 Å². The minimum atomic E-state index is -0.635. The fourth-order valence-electron chi connectivity index (χ4n) is 2.40. The van der Waals surface area contributed by atoms with E-state index in [1.54, 1.807) is 20.8 Å². The topological polar surface area (TPSA) is 69.6 Å². The fraction of sp³-hybridized carbons (Fsp3) is 0.529. The first kappa shape index (κ1) is 17.4. The molecule has 1 fully saturated rings. The van der Waals surface area contributed by atoms with E-state index in [1.807, 2.05) is 0 Å². The van der Waals surface area contributed by atoms with Crippen LogP contribution in [0.15, 0.2) is 18.2 Å². The molecule has 1 saturated heterocycles. The van der Waals surface area contributed by atoms with Crippen LogP contribution >= 0.6 is 0 Å². The van der Waals surface area contributed by atoms with Crippen molar-refractivity contribution in [2.45, 2.75) is 39.7 Å². The fourth-order valence-corrected chi connectivity index (χ4v) is 2.40. The molecule has 1 aliphatic rings. The number of carbonyl (C=O) groups excluding carboxylic acids is 2. The van der Waals surface area contributed by atoms with Gasteiger partial charge >= 0.3 is 0 Å². The number of anilines is 1. The molecule has 2 amide bonds. The maximum absolute atomic E-state index is 14.0. The number of hydrogen-bond acceptors (Lipinski definition) is 3. The third-order valence-electron chi connectivity index (χ3n) is 3.82. The lowest BCUT2D eigenvalue weighted by atomic mass is 9.95. The van der Waals surface area contributed by atoms with Crippen LogP contribution in [0.5, 0.6) is 0 Å². The maximum atomic E-state index is 14.0. The molecular weight excluding hydrogens is 299 g/mol. The normalized spacial score (nSPS) is 18.7. The van der Waals surface area contributed by atoms with Gasteiger partial charge in [0.15, 0.2) is 0 Å². The number of hydrogen-bond donors (Lipinski definition) is 2. The summed E-state index contributed by atoms with van der Waals surface area (Å²) in [5, 5.41) is 12.4. The molecule has 5 nitrogen and oxygen atoms in total. The molecule has 0 spiro atoms. The zero-order valence-electron chi connectivity index (χ0n) is 13.7. The third-order valence-corrected chi connectivity index (χ3v) is 3.82. The summed E-state index contributed by atoms with van der Waals surface area (Å²) in [6, 6.07) is 3.95. The predicted octanol–water partition coefficient (Wildman–Crippen LogP) is 2.41. The van der Waals surface area contributed by atoms with Crippen molar-refractivity contribution in [3.8, 4) is 0 Å². The Morgan fingerprint density at radius 3 is 2.65 bits per heavy atom.